The molecular formula is C8H9N5O2S. The van der Waals surface area contributed by atoms with Crippen molar-refractivity contribution in [2.75, 3.05) is 5.73 Å². The van der Waals surface area contributed by atoms with E-state index in [1.807, 2.05) is 0 Å². The van der Waals surface area contributed by atoms with Crippen LogP contribution in [0.5, 0.6) is 0 Å². The molecule has 0 saturated carbocycles. The quantitative estimate of drug-likeness (QED) is 0.667. The lowest BCUT2D eigenvalue weighted by molar-refractivity contribution is -0.136. The maximum absolute atomic E-state index is 10.7. The Bertz CT molecular complexity index is 540. The summed E-state index contributed by atoms with van der Waals surface area (Å²) in [6, 6.07) is 0. The first-order chi connectivity index (χ1) is 7.58. The highest BCUT2D eigenvalue weighted by Gasteiger charge is 2.16. The molecule has 2 aromatic rings. The number of carboxylic acid groups (broad SMARTS) is 1. The number of fused-ring (bicyclic) bond motifs is 1. The number of rotatable bonds is 3. The zero-order chi connectivity index (χ0) is 11.7. The van der Waals surface area contributed by atoms with Crippen LogP contribution in [0.4, 0.5) is 5.82 Å². The van der Waals surface area contributed by atoms with Crippen LogP contribution in [-0.2, 0) is 4.79 Å². The number of hydrogen-bond acceptors (Lipinski definition) is 6. The zero-order valence-electron chi connectivity index (χ0n) is 8.34. The number of aliphatic carboxylic acids is 1. The highest BCUT2D eigenvalue weighted by molar-refractivity contribution is 8.00. The van der Waals surface area contributed by atoms with Crippen molar-refractivity contribution >= 4 is 34.7 Å². The van der Waals surface area contributed by atoms with Gasteiger partial charge in [0, 0.05) is 0 Å². The Balaban J connectivity index is 2.33. The average molecular weight is 239 g/mol. The molecule has 0 amide bonds. The van der Waals surface area contributed by atoms with Gasteiger partial charge in [-0.05, 0) is 6.92 Å². The van der Waals surface area contributed by atoms with E-state index in [9.17, 15) is 4.79 Å². The molecule has 0 saturated heterocycles. The molecule has 0 radical (unpaired) electrons. The second-order valence-electron chi connectivity index (χ2n) is 3.10. The first-order valence-electron chi connectivity index (χ1n) is 4.43. The van der Waals surface area contributed by atoms with Crippen LogP contribution in [0.15, 0.2) is 11.5 Å². The van der Waals surface area contributed by atoms with Crippen LogP contribution in [-0.4, -0.2) is 36.3 Å². The van der Waals surface area contributed by atoms with Crippen molar-refractivity contribution < 1.29 is 9.90 Å². The molecule has 2 aromatic heterocycles. The fourth-order valence-corrected chi connectivity index (χ4v) is 1.83. The second-order valence-corrected chi connectivity index (χ2v) is 4.43. The monoisotopic (exact) mass is 239 g/mol. The Labute approximate surface area is 94.5 Å². The number of nitrogens with zero attached hydrogens (tertiary/aromatic N) is 3. The van der Waals surface area contributed by atoms with Gasteiger partial charge in [0.05, 0.1) is 0 Å². The molecule has 0 aliphatic carbocycles. The predicted molar refractivity (Wildman–Crippen MR) is 59.1 cm³/mol. The van der Waals surface area contributed by atoms with Gasteiger partial charge in [0.2, 0.25) is 0 Å². The Morgan fingerprint density at radius 2 is 2.38 bits per heavy atom. The molecule has 7 nitrogen and oxygen atoms in total. The molecule has 0 spiro atoms. The summed E-state index contributed by atoms with van der Waals surface area (Å²) >= 11 is 1.10. The molecule has 1 atom stereocenters. The first-order valence-corrected chi connectivity index (χ1v) is 5.31. The van der Waals surface area contributed by atoms with E-state index in [1.165, 1.54) is 6.33 Å². The number of anilines is 1. The summed E-state index contributed by atoms with van der Waals surface area (Å²) < 4.78 is 0. The summed E-state index contributed by atoms with van der Waals surface area (Å²) in [7, 11) is 0. The Hall–Kier alpha value is -1.83. The highest BCUT2D eigenvalue weighted by Crippen LogP contribution is 2.23. The van der Waals surface area contributed by atoms with E-state index in [1.54, 1.807) is 6.92 Å². The van der Waals surface area contributed by atoms with Crippen molar-refractivity contribution in [3.63, 3.8) is 0 Å². The van der Waals surface area contributed by atoms with Crippen molar-refractivity contribution in [2.45, 2.75) is 17.3 Å². The number of imidazole rings is 1. The maximum Gasteiger partial charge on any atom is 0.316 e. The molecule has 0 fully saturated rings. The van der Waals surface area contributed by atoms with E-state index >= 15 is 0 Å². The van der Waals surface area contributed by atoms with Crippen molar-refractivity contribution in [3.8, 4) is 0 Å². The van der Waals surface area contributed by atoms with Gasteiger partial charge in [0.15, 0.2) is 16.6 Å². The molecule has 2 heterocycles. The van der Waals surface area contributed by atoms with Gasteiger partial charge >= 0.3 is 5.97 Å². The molecule has 0 unspecified atom stereocenters. The van der Waals surface area contributed by atoms with E-state index in [-0.39, 0.29) is 0 Å². The predicted octanol–water partition coefficient (Wildman–Crippen LogP) is 0.500. The van der Waals surface area contributed by atoms with Crippen LogP contribution in [0.3, 0.4) is 0 Å². The number of nitrogens with two attached hydrogens (primary N) is 1. The minimum atomic E-state index is -0.899. The summed E-state index contributed by atoms with van der Waals surface area (Å²) in [5.74, 6) is -0.600. The van der Waals surface area contributed by atoms with E-state index < -0.39 is 11.2 Å². The molecule has 2 rings (SSSR count). The summed E-state index contributed by atoms with van der Waals surface area (Å²) in [4.78, 5) is 25.4. The molecule has 8 heteroatoms. The molecule has 16 heavy (non-hydrogen) atoms. The fraction of sp³-hybridized carbons (Fsp3) is 0.250. The molecule has 0 aliphatic rings. The lowest BCUT2D eigenvalue weighted by Crippen LogP contribution is -2.11. The van der Waals surface area contributed by atoms with Crippen molar-refractivity contribution in [2.24, 2.45) is 0 Å². The van der Waals surface area contributed by atoms with Crippen molar-refractivity contribution in [3.05, 3.63) is 6.33 Å². The molecule has 84 valence electrons. The Morgan fingerprint density at radius 1 is 1.62 bits per heavy atom. The standard InChI is InChI=1S/C8H9N5O2S/c1-3(7(14)15)16-8-12-4-5(9)10-2-11-6(4)13-8/h2-3H,1H3,(H,14,15)(H3,9,10,11,12,13)/t3-/m0/s1. The third kappa shape index (κ3) is 1.91. The van der Waals surface area contributed by atoms with E-state index in [0.29, 0.717) is 22.1 Å². The average Bonchev–Trinajstić information content (AvgIpc) is 2.61. The van der Waals surface area contributed by atoms with Gasteiger partial charge in [0.25, 0.3) is 0 Å². The van der Waals surface area contributed by atoms with Gasteiger partial charge in [-0.3, -0.25) is 4.79 Å². The van der Waals surface area contributed by atoms with E-state index in [2.05, 4.69) is 19.9 Å². The summed E-state index contributed by atoms with van der Waals surface area (Å²) in [6.07, 6.45) is 1.31. The molecule has 0 aliphatic heterocycles. The zero-order valence-corrected chi connectivity index (χ0v) is 9.15. The third-order valence-corrected chi connectivity index (χ3v) is 2.90. The number of nitrogen functional groups attached to an aromatic ring is 1. The first kappa shape index (κ1) is 10.7. The lowest BCUT2D eigenvalue weighted by Gasteiger charge is -2.00. The van der Waals surface area contributed by atoms with Crippen molar-refractivity contribution in [1.29, 1.82) is 0 Å². The molecular weight excluding hydrogens is 230 g/mol. The minimum absolute atomic E-state index is 0.298. The number of carbonyl (C=O) groups is 1. The molecule has 4 N–H and O–H groups in total. The summed E-state index contributed by atoms with van der Waals surface area (Å²) in [6.45, 7) is 1.58. The minimum Gasteiger partial charge on any atom is -0.480 e. The van der Waals surface area contributed by atoms with E-state index in [4.69, 9.17) is 10.8 Å². The molecule has 0 aromatic carbocycles. The van der Waals surface area contributed by atoms with Crippen LogP contribution in [0.25, 0.3) is 11.2 Å². The number of carboxylic acids is 1. The van der Waals surface area contributed by atoms with Gasteiger partial charge in [0.1, 0.15) is 17.1 Å². The Morgan fingerprint density at radius 3 is 3.00 bits per heavy atom. The van der Waals surface area contributed by atoms with Gasteiger partial charge in [-0.25, -0.2) is 15.0 Å². The van der Waals surface area contributed by atoms with Gasteiger partial charge in [-0.15, -0.1) is 0 Å². The maximum atomic E-state index is 10.7. The number of nitrogens with one attached hydrogen (secondary N) is 1. The number of aromatic amines is 1. The normalized spacial score (nSPS) is 12.8. The summed E-state index contributed by atoms with van der Waals surface area (Å²) in [5, 5.41) is 8.64. The Kier molecular flexibility index (Phi) is 2.65. The molecule has 0 bridgehead atoms. The number of H-pyrrole nitrogens is 1. The van der Waals surface area contributed by atoms with Crippen LogP contribution in [0.2, 0.25) is 0 Å². The lowest BCUT2D eigenvalue weighted by atomic mass is 10.5. The van der Waals surface area contributed by atoms with Gasteiger partial charge in [-0.1, -0.05) is 11.8 Å². The van der Waals surface area contributed by atoms with Crippen LogP contribution in [0.1, 0.15) is 6.92 Å². The van der Waals surface area contributed by atoms with Crippen LogP contribution >= 0.6 is 11.8 Å². The van der Waals surface area contributed by atoms with Crippen LogP contribution < -0.4 is 5.73 Å². The van der Waals surface area contributed by atoms with Crippen LogP contribution in [0, 0.1) is 0 Å². The second kappa shape index (κ2) is 3.97. The summed E-state index contributed by atoms with van der Waals surface area (Å²) in [5.41, 5.74) is 6.58. The SMILES string of the molecule is C[C@H](Sc1nc2ncnc(N)c2[nH]1)C(=O)O. The van der Waals surface area contributed by atoms with Gasteiger partial charge < -0.3 is 15.8 Å². The number of thioether (sulfide) groups is 1. The smallest absolute Gasteiger partial charge is 0.316 e. The number of aromatic nitrogens is 4. The topological polar surface area (TPSA) is 118 Å². The highest BCUT2D eigenvalue weighted by atomic mass is 32.2. The van der Waals surface area contributed by atoms with Gasteiger partial charge in [-0.2, -0.15) is 0 Å². The van der Waals surface area contributed by atoms with Crippen molar-refractivity contribution in [1.82, 2.24) is 19.9 Å². The third-order valence-electron chi connectivity index (χ3n) is 1.93. The fourth-order valence-electron chi connectivity index (χ4n) is 1.10. The largest absolute Gasteiger partial charge is 0.480 e. The van der Waals surface area contributed by atoms with E-state index in [0.717, 1.165) is 11.8 Å². The number of hydrogen-bond donors (Lipinski definition) is 3.